The van der Waals surface area contributed by atoms with Crippen molar-refractivity contribution in [2.75, 3.05) is 12.4 Å². The van der Waals surface area contributed by atoms with Crippen LogP contribution in [0.25, 0.3) is 0 Å². The molecule has 4 heteroatoms. The van der Waals surface area contributed by atoms with Gasteiger partial charge in [-0.15, -0.1) is 11.8 Å². The lowest BCUT2D eigenvalue weighted by atomic mass is 10.1. The van der Waals surface area contributed by atoms with Crippen molar-refractivity contribution in [3.63, 3.8) is 0 Å². The second-order valence-electron chi connectivity index (χ2n) is 5.90. The number of unbranched alkanes of at least 4 members (excludes halogenated alkanes) is 3. The number of hydrogen-bond acceptors (Lipinski definition) is 3. The fourth-order valence-electron chi connectivity index (χ4n) is 2.25. The number of hydrogen-bond donors (Lipinski definition) is 0. The summed E-state index contributed by atoms with van der Waals surface area (Å²) in [7, 11) is 0. The zero-order valence-electron chi connectivity index (χ0n) is 14.7. The highest BCUT2D eigenvalue weighted by atomic mass is 32.2. The van der Waals surface area contributed by atoms with Gasteiger partial charge in [0.15, 0.2) is 0 Å². The molecule has 132 valence electrons. The van der Waals surface area contributed by atoms with Gasteiger partial charge in [0, 0.05) is 0 Å². The fraction of sp³-hybridized carbons (Fsp3) is 0.944. The van der Waals surface area contributed by atoms with E-state index in [2.05, 4.69) is 13.8 Å². The minimum atomic E-state index is -0.680. The number of ether oxygens (including phenoxy) is 1. The average molecular weight is 335 g/mol. The Morgan fingerprint density at radius 3 is 2.32 bits per heavy atom. The Kier molecular flexibility index (Phi) is 15.5. The number of halogens is 1. The molecular weight excluding hydrogens is 299 g/mol. The molecule has 0 aromatic heterocycles. The third-order valence-electron chi connectivity index (χ3n) is 3.66. The molecule has 0 amide bonds. The van der Waals surface area contributed by atoms with E-state index >= 15 is 0 Å². The van der Waals surface area contributed by atoms with E-state index in [0.717, 1.165) is 57.1 Å². The molecule has 0 N–H and O–H groups in total. The third kappa shape index (κ3) is 12.3. The van der Waals surface area contributed by atoms with E-state index in [1.54, 1.807) is 11.8 Å². The van der Waals surface area contributed by atoms with Crippen LogP contribution >= 0.6 is 11.8 Å². The predicted molar refractivity (Wildman–Crippen MR) is 95.3 cm³/mol. The third-order valence-corrected chi connectivity index (χ3v) is 5.01. The second kappa shape index (κ2) is 15.6. The van der Waals surface area contributed by atoms with Gasteiger partial charge in [-0.1, -0.05) is 52.9 Å². The van der Waals surface area contributed by atoms with Crippen LogP contribution in [0.5, 0.6) is 0 Å². The molecule has 0 radical (unpaired) electrons. The van der Waals surface area contributed by atoms with Gasteiger partial charge in [-0.25, -0.2) is 4.39 Å². The zero-order chi connectivity index (χ0) is 16.6. The van der Waals surface area contributed by atoms with E-state index < -0.39 is 6.17 Å². The van der Waals surface area contributed by atoms with Crippen LogP contribution in [0.1, 0.15) is 85.0 Å². The van der Waals surface area contributed by atoms with E-state index in [9.17, 15) is 9.18 Å². The van der Waals surface area contributed by atoms with E-state index in [-0.39, 0.29) is 11.2 Å². The van der Waals surface area contributed by atoms with Crippen LogP contribution in [0.3, 0.4) is 0 Å². The molecule has 0 fully saturated rings. The normalized spacial score (nSPS) is 13.8. The van der Waals surface area contributed by atoms with Crippen molar-refractivity contribution >= 4 is 17.7 Å². The average Bonchev–Trinajstić information content (AvgIpc) is 2.50. The monoisotopic (exact) mass is 334 g/mol. The predicted octanol–water partition coefficient (Wildman–Crippen LogP) is 5.93. The van der Waals surface area contributed by atoms with Crippen molar-refractivity contribution in [3.8, 4) is 0 Å². The fourth-order valence-corrected chi connectivity index (χ4v) is 3.40. The minimum absolute atomic E-state index is 0.0624. The summed E-state index contributed by atoms with van der Waals surface area (Å²) in [5.74, 6) is 0.781. The Balaban J connectivity index is 4.03. The summed E-state index contributed by atoms with van der Waals surface area (Å²) >= 11 is 1.66. The maximum atomic E-state index is 13.4. The van der Waals surface area contributed by atoms with Gasteiger partial charge < -0.3 is 4.74 Å². The van der Waals surface area contributed by atoms with E-state index in [1.807, 2.05) is 6.92 Å². The quantitative estimate of drug-likeness (QED) is 0.274. The molecule has 0 aliphatic rings. The molecule has 0 aromatic rings. The van der Waals surface area contributed by atoms with Crippen LogP contribution in [0.15, 0.2) is 0 Å². The standard InChI is InChI=1S/C18H35FO2S/c1-4-7-9-13-17(18(20)21-14-8-5-2)22-15-10-12-16(19)11-6-3/h16-17H,4-15H2,1-3H3. The van der Waals surface area contributed by atoms with Gasteiger partial charge in [0.1, 0.15) is 11.4 Å². The molecule has 0 bridgehead atoms. The largest absolute Gasteiger partial charge is 0.465 e. The molecule has 0 saturated heterocycles. The van der Waals surface area contributed by atoms with Crippen molar-refractivity contribution in [1.29, 1.82) is 0 Å². The zero-order valence-corrected chi connectivity index (χ0v) is 15.6. The molecular formula is C18H35FO2S. The molecule has 0 aliphatic carbocycles. The molecule has 0 aromatic carbocycles. The highest BCUT2D eigenvalue weighted by molar-refractivity contribution is 8.00. The van der Waals surface area contributed by atoms with Crippen molar-refractivity contribution in [3.05, 3.63) is 0 Å². The van der Waals surface area contributed by atoms with Crippen LogP contribution < -0.4 is 0 Å². The van der Waals surface area contributed by atoms with Gasteiger partial charge >= 0.3 is 5.97 Å². The summed E-state index contributed by atoms with van der Waals surface area (Å²) in [5, 5.41) is -0.0624. The van der Waals surface area contributed by atoms with E-state index in [1.165, 1.54) is 0 Å². The highest BCUT2D eigenvalue weighted by Crippen LogP contribution is 2.22. The van der Waals surface area contributed by atoms with Crippen LogP contribution in [0.4, 0.5) is 4.39 Å². The van der Waals surface area contributed by atoms with Gasteiger partial charge in [-0.3, -0.25) is 4.79 Å². The highest BCUT2D eigenvalue weighted by Gasteiger charge is 2.20. The van der Waals surface area contributed by atoms with Crippen molar-refractivity contribution < 1.29 is 13.9 Å². The maximum Gasteiger partial charge on any atom is 0.319 e. The van der Waals surface area contributed by atoms with E-state index in [0.29, 0.717) is 19.4 Å². The Hall–Kier alpha value is -0.250. The van der Waals surface area contributed by atoms with Gasteiger partial charge in [-0.05, 0) is 37.9 Å². The molecule has 0 saturated carbocycles. The smallest absolute Gasteiger partial charge is 0.319 e. The first-order valence-electron chi connectivity index (χ1n) is 9.07. The maximum absolute atomic E-state index is 13.4. The summed E-state index contributed by atoms with van der Waals surface area (Å²) in [6.07, 6.45) is 8.57. The summed E-state index contributed by atoms with van der Waals surface area (Å²) in [6.45, 7) is 6.79. The van der Waals surface area contributed by atoms with Gasteiger partial charge in [-0.2, -0.15) is 0 Å². The van der Waals surface area contributed by atoms with Crippen LogP contribution in [-0.4, -0.2) is 29.8 Å². The number of carbonyl (C=O) groups excluding carboxylic acids is 1. The first kappa shape index (κ1) is 21.8. The second-order valence-corrected chi connectivity index (χ2v) is 7.22. The number of thioether (sulfide) groups is 1. The topological polar surface area (TPSA) is 26.3 Å². The number of esters is 1. The number of rotatable bonds is 15. The van der Waals surface area contributed by atoms with Gasteiger partial charge in [0.2, 0.25) is 0 Å². The molecule has 0 spiro atoms. The summed E-state index contributed by atoms with van der Waals surface area (Å²) in [5.41, 5.74) is 0. The molecule has 2 unspecified atom stereocenters. The summed E-state index contributed by atoms with van der Waals surface area (Å²) in [6, 6.07) is 0. The minimum Gasteiger partial charge on any atom is -0.465 e. The Labute approximate surface area is 141 Å². The number of carbonyl (C=O) groups is 1. The van der Waals surface area contributed by atoms with Crippen LogP contribution in [0.2, 0.25) is 0 Å². The molecule has 22 heavy (non-hydrogen) atoms. The van der Waals surface area contributed by atoms with Gasteiger partial charge in [0.05, 0.1) is 6.61 Å². The molecule has 0 rings (SSSR count). The lowest BCUT2D eigenvalue weighted by Gasteiger charge is -2.16. The number of alkyl halides is 1. The summed E-state index contributed by atoms with van der Waals surface area (Å²) in [4.78, 5) is 12.1. The van der Waals surface area contributed by atoms with Crippen LogP contribution in [-0.2, 0) is 9.53 Å². The molecule has 2 atom stereocenters. The van der Waals surface area contributed by atoms with Crippen molar-refractivity contribution in [2.45, 2.75) is 96.4 Å². The molecule has 0 aliphatic heterocycles. The van der Waals surface area contributed by atoms with Crippen LogP contribution in [0, 0.1) is 0 Å². The van der Waals surface area contributed by atoms with Crippen molar-refractivity contribution in [1.82, 2.24) is 0 Å². The SMILES string of the molecule is CCCCCC(SCCCC(F)CCC)C(=O)OCCCC. The lowest BCUT2D eigenvalue weighted by molar-refractivity contribution is -0.143. The lowest BCUT2D eigenvalue weighted by Crippen LogP contribution is -2.21. The Morgan fingerprint density at radius 2 is 1.68 bits per heavy atom. The summed E-state index contributed by atoms with van der Waals surface area (Å²) < 4.78 is 18.8. The molecule has 2 nitrogen and oxygen atoms in total. The van der Waals surface area contributed by atoms with E-state index in [4.69, 9.17) is 4.74 Å². The Bertz CT molecular complexity index is 261. The Morgan fingerprint density at radius 1 is 0.955 bits per heavy atom. The first-order valence-corrected chi connectivity index (χ1v) is 10.1. The van der Waals surface area contributed by atoms with Gasteiger partial charge in [0.25, 0.3) is 0 Å². The first-order chi connectivity index (χ1) is 10.7. The van der Waals surface area contributed by atoms with Crippen molar-refractivity contribution in [2.24, 2.45) is 0 Å². The molecule has 0 heterocycles.